The summed E-state index contributed by atoms with van der Waals surface area (Å²) in [5.41, 5.74) is 5.88. The highest BCUT2D eigenvalue weighted by Gasteiger charge is 2.44. The van der Waals surface area contributed by atoms with Gasteiger partial charge >= 0.3 is 5.97 Å². The standard InChI is InChI=1S/C14H18FNO3/c1-9-3-4-11(15)12(7-9)19-10-5-6-14(16,8-10)13(17)18-2/h3-4,7,10H,5-6,8,16H2,1-2H3. The van der Waals surface area contributed by atoms with Crippen molar-refractivity contribution < 1.29 is 18.7 Å². The van der Waals surface area contributed by atoms with E-state index in [1.807, 2.05) is 6.92 Å². The molecule has 19 heavy (non-hydrogen) atoms. The highest BCUT2D eigenvalue weighted by atomic mass is 19.1. The summed E-state index contributed by atoms with van der Waals surface area (Å²) in [5.74, 6) is -0.638. The third kappa shape index (κ3) is 2.87. The average molecular weight is 267 g/mol. The maximum absolute atomic E-state index is 13.6. The lowest BCUT2D eigenvalue weighted by atomic mass is 10.00. The van der Waals surface area contributed by atoms with E-state index in [4.69, 9.17) is 10.5 Å². The summed E-state index contributed by atoms with van der Waals surface area (Å²) in [5, 5.41) is 0. The first-order chi connectivity index (χ1) is 8.94. The van der Waals surface area contributed by atoms with Crippen molar-refractivity contribution in [3.8, 4) is 5.75 Å². The van der Waals surface area contributed by atoms with Crippen LogP contribution in [0.5, 0.6) is 5.75 Å². The lowest BCUT2D eigenvalue weighted by Crippen LogP contribution is -2.47. The highest BCUT2D eigenvalue weighted by molar-refractivity contribution is 5.80. The maximum Gasteiger partial charge on any atom is 0.325 e. The average Bonchev–Trinajstić information content (AvgIpc) is 2.76. The first-order valence-electron chi connectivity index (χ1n) is 6.25. The molecule has 1 aromatic carbocycles. The second kappa shape index (κ2) is 5.17. The van der Waals surface area contributed by atoms with E-state index in [1.165, 1.54) is 13.2 Å². The monoisotopic (exact) mass is 267 g/mol. The molecular weight excluding hydrogens is 249 g/mol. The van der Waals surface area contributed by atoms with E-state index in [0.29, 0.717) is 19.3 Å². The first kappa shape index (κ1) is 13.8. The molecule has 4 nitrogen and oxygen atoms in total. The van der Waals surface area contributed by atoms with Gasteiger partial charge in [-0.25, -0.2) is 4.39 Å². The molecule has 2 atom stereocenters. The Kier molecular flexibility index (Phi) is 3.75. The van der Waals surface area contributed by atoms with Crippen LogP contribution >= 0.6 is 0 Å². The van der Waals surface area contributed by atoms with Gasteiger partial charge in [0.1, 0.15) is 11.6 Å². The van der Waals surface area contributed by atoms with E-state index in [0.717, 1.165) is 5.56 Å². The smallest absolute Gasteiger partial charge is 0.325 e. The third-order valence-corrected chi connectivity index (χ3v) is 3.48. The van der Waals surface area contributed by atoms with Crippen LogP contribution in [0.1, 0.15) is 24.8 Å². The van der Waals surface area contributed by atoms with E-state index in [9.17, 15) is 9.18 Å². The van der Waals surface area contributed by atoms with Crippen molar-refractivity contribution in [2.45, 2.75) is 37.8 Å². The van der Waals surface area contributed by atoms with Crippen LogP contribution in [-0.4, -0.2) is 24.7 Å². The molecule has 0 bridgehead atoms. The van der Waals surface area contributed by atoms with Gasteiger partial charge in [-0.2, -0.15) is 0 Å². The molecule has 0 aromatic heterocycles. The van der Waals surface area contributed by atoms with Gasteiger partial charge in [-0.3, -0.25) is 4.79 Å². The lowest BCUT2D eigenvalue weighted by Gasteiger charge is -2.21. The molecule has 2 rings (SSSR count). The van der Waals surface area contributed by atoms with Crippen molar-refractivity contribution in [3.63, 3.8) is 0 Å². The molecule has 0 aliphatic heterocycles. The Morgan fingerprint density at radius 1 is 1.53 bits per heavy atom. The fourth-order valence-electron chi connectivity index (χ4n) is 2.40. The number of hydrogen-bond donors (Lipinski definition) is 1. The number of halogens is 1. The Morgan fingerprint density at radius 3 is 2.95 bits per heavy atom. The van der Waals surface area contributed by atoms with Gasteiger partial charge in [0.2, 0.25) is 0 Å². The second-order valence-electron chi connectivity index (χ2n) is 5.06. The molecule has 1 aliphatic carbocycles. The minimum atomic E-state index is -1.01. The normalized spacial score (nSPS) is 26.2. The fraction of sp³-hybridized carbons (Fsp3) is 0.500. The molecule has 1 aromatic rings. The Labute approximate surface area is 111 Å². The minimum absolute atomic E-state index is 0.208. The summed E-state index contributed by atoms with van der Waals surface area (Å²) in [6, 6.07) is 4.69. The van der Waals surface area contributed by atoms with Gasteiger partial charge in [-0.15, -0.1) is 0 Å². The van der Waals surface area contributed by atoms with Gasteiger partial charge in [-0.1, -0.05) is 6.07 Å². The van der Waals surface area contributed by atoms with Gasteiger partial charge in [0, 0.05) is 6.42 Å². The second-order valence-corrected chi connectivity index (χ2v) is 5.06. The molecule has 0 spiro atoms. The Hall–Kier alpha value is -1.62. The summed E-state index contributed by atoms with van der Waals surface area (Å²) in [7, 11) is 1.31. The van der Waals surface area contributed by atoms with Crippen molar-refractivity contribution in [3.05, 3.63) is 29.6 Å². The SMILES string of the molecule is COC(=O)C1(N)CCC(Oc2cc(C)ccc2F)C1. The molecule has 5 heteroatoms. The molecule has 104 valence electrons. The predicted octanol–water partition coefficient (Wildman–Crippen LogP) is 1.94. The number of rotatable bonds is 3. The van der Waals surface area contributed by atoms with Crippen LogP contribution in [0.4, 0.5) is 4.39 Å². The zero-order valence-corrected chi connectivity index (χ0v) is 11.1. The van der Waals surface area contributed by atoms with Crippen molar-refractivity contribution in [2.75, 3.05) is 7.11 Å². The maximum atomic E-state index is 13.6. The van der Waals surface area contributed by atoms with Crippen LogP contribution in [0.3, 0.4) is 0 Å². The summed E-state index contributed by atoms with van der Waals surface area (Å²) < 4.78 is 23.9. The van der Waals surface area contributed by atoms with Crippen LogP contribution in [-0.2, 0) is 9.53 Å². The van der Waals surface area contributed by atoms with Crippen LogP contribution in [0.15, 0.2) is 18.2 Å². The summed E-state index contributed by atoms with van der Waals surface area (Å²) >= 11 is 0. The number of benzene rings is 1. The van der Waals surface area contributed by atoms with Gasteiger partial charge in [0.15, 0.2) is 11.6 Å². The number of aryl methyl sites for hydroxylation is 1. The number of carbonyl (C=O) groups is 1. The molecule has 0 heterocycles. The van der Waals surface area contributed by atoms with Crippen LogP contribution in [0.25, 0.3) is 0 Å². The van der Waals surface area contributed by atoms with Gasteiger partial charge in [0.25, 0.3) is 0 Å². The zero-order valence-electron chi connectivity index (χ0n) is 11.1. The number of nitrogens with two attached hydrogens (primary N) is 1. The number of methoxy groups -OCH3 is 1. The molecule has 0 amide bonds. The topological polar surface area (TPSA) is 61.5 Å². The van der Waals surface area contributed by atoms with Crippen LogP contribution in [0.2, 0.25) is 0 Å². The van der Waals surface area contributed by atoms with E-state index >= 15 is 0 Å². The van der Waals surface area contributed by atoms with E-state index < -0.39 is 17.3 Å². The predicted molar refractivity (Wildman–Crippen MR) is 68.3 cm³/mol. The Bertz CT molecular complexity index is 492. The molecule has 0 radical (unpaired) electrons. The van der Waals surface area contributed by atoms with Gasteiger partial charge in [0.05, 0.1) is 7.11 Å². The van der Waals surface area contributed by atoms with E-state index in [2.05, 4.69) is 4.74 Å². The molecular formula is C14H18FNO3. The lowest BCUT2D eigenvalue weighted by molar-refractivity contribution is -0.147. The summed E-state index contributed by atoms with van der Waals surface area (Å²) in [6.07, 6.45) is 1.17. The Balaban J connectivity index is 2.06. The van der Waals surface area contributed by atoms with E-state index in [-0.39, 0.29) is 11.9 Å². The van der Waals surface area contributed by atoms with Crippen molar-refractivity contribution in [2.24, 2.45) is 5.73 Å². The van der Waals surface area contributed by atoms with Crippen LogP contribution in [0, 0.1) is 12.7 Å². The van der Waals surface area contributed by atoms with E-state index in [1.54, 1.807) is 12.1 Å². The largest absolute Gasteiger partial charge is 0.487 e. The molecule has 0 saturated heterocycles. The molecule has 1 fully saturated rings. The molecule has 2 unspecified atom stereocenters. The van der Waals surface area contributed by atoms with Gasteiger partial charge in [-0.05, 0) is 37.5 Å². The van der Waals surface area contributed by atoms with Crippen molar-refractivity contribution in [1.82, 2.24) is 0 Å². The minimum Gasteiger partial charge on any atom is -0.487 e. The number of esters is 1. The fourth-order valence-corrected chi connectivity index (χ4v) is 2.40. The number of ether oxygens (including phenoxy) is 2. The number of hydrogen-bond acceptors (Lipinski definition) is 4. The Morgan fingerprint density at radius 2 is 2.26 bits per heavy atom. The molecule has 1 saturated carbocycles. The molecule has 1 aliphatic rings. The van der Waals surface area contributed by atoms with Crippen molar-refractivity contribution in [1.29, 1.82) is 0 Å². The summed E-state index contributed by atoms with van der Waals surface area (Å²) in [6.45, 7) is 1.86. The van der Waals surface area contributed by atoms with Crippen LogP contribution < -0.4 is 10.5 Å². The zero-order chi connectivity index (χ0) is 14.0. The molecule has 2 N–H and O–H groups in total. The summed E-state index contributed by atoms with van der Waals surface area (Å²) in [4.78, 5) is 11.6. The first-order valence-corrected chi connectivity index (χ1v) is 6.25. The van der Waals surface area contributed by atoms with Gasteiger partial charge < -0.3 is 15.2 Å². The number of carbonyl (C=O) groups excluding carboxylic acids is 1. The third-order valence-electron chi connectivity index (χ3n) is 3.48. The highest BCUT2D eigenvalue weighted by Crippen LogP contribution is 2.32. The van der Waals surface area contributed by atoms with Crippen molar-refractivity contribution >= 4 is 5.97 Å². The quantitative estimate of drug-likeness (QED) is 0.850.